The Labute approximate surface area is 85.5 Å². The summed E-state index contributed by atoms with van der Waals surface area (Å²) in [6, 6.07) is 0. The van der Waals surface area contributed by atoms with Crippen LogP contribution in [-0.4, -0.2) is 12.6 Å². The first-order chi connectivity index (χ1) is 6.52. The highest BCUT2D eigenvalue weighted by Crippen LogP contribution is 2.02. The Morgan fingerprint density at radius 2 is 2.00 bits per heavy atom. The number of rotatable bonds is 5. The van der Waals surface area contributed by atoms with Gasteiger partial charge in [0.1, 0.15) is 6.34 Å². The molecule has 0 aromatic carbocycles. The molecule has 3 heteroatoms. The molecule has 3 nitrogen and oxygen atoms in total. The molecule has 0 atom stereocenters. The highest BCUT2D eigenvalue weighted by Gasteiger charge is 1.85. The summed E-state index contributed by atoms with van der Waals surface area (Å²) < 4.78 is 0. The van der Waals surface area contributed by atoms with Crippen LogP contribution in [0.2, 0.25) is 0 Å². The fourth-order valence-electron chi connectivity index (χ4n) is 0.619. The summed E-state index contributed by atoms with van der Waals surface area (Å²) >= 11 is 0. The van der Waals surface area contributed by atoms with Gasteiger partial charge in [-0.2, -0.15) is 0 Å². The molecule has 0 unspecified atom stereocenters. The first-order valence-electron chi connectivity index (χ1n) is 4.33. The average Bonchev–Trinajstić information content (AvgIpc) is 2.08. The summed E-state index contributed by atoms with van der Waals surface area (Å²) in [6.07, 6.45) is 5.67. The lowest BCUT2D eigenvalue weighted by atomic mass is 10.2. The number of nitrogens with two attached hydrogens (primary N) is 1. The summed E-state index contributed by atoms with van der Waals surface area (Å²) in [5.74, 6) is 0. The molecule has 14 heavy (non-hydrogen) atoms. The van der Waals surface area contributed by atoms with Gasteiger partial charge >= 0.3 is 0 Å². The lowest BCUT2D eigenvalue weighted by Crippen LogP contribution is -1.94. The lowest BCUT2D eigenvalue weighted by molar-refractivity contribution is 1.15. The zero-order valence-corrected chi connectivity index (χ0v) is 8.83. The van der Waals surface area contributed by atoms with E-state index in [9.17, 15) is 0 Å². The molecule has 0 aliphatic carbocycles. The Bertz CT molecular complexity index is 292. The monoisotopic (exact) mass is 191 g/mol. The number of hydrogen-bond acceptors (Lipinski definition) is 2. The summed E-state index contributed by atoms with van der Waals surface area (Å²) in [5.41, 5.74) is 7.70. The van der Waals surface area contributed by atoms with Crippen molar-refractivity contribution in [1.29, 1.82) is 0 Å². The van der Waals surface area contributed by atoms with Crippen LogP contribution < -0.4 is 5.73 Å². The maximum Gasteiger partial charge on any atom is 0.115 e. The van der Waals surface area contributed by atoms with Crippen LogP contribution in [0.15, 0.2) is 46.2 Å². The van der Waals surface area contributed by atoms with Crippen molar-refractivity contribution in [3.8, 4) is 0 Å². The maximum absolute atomic E-state index is 5.27. The van der Waals surface area contributed by atoms with Gasteiger partial charge < -0.3 is 5.73 Å². The van der Waals surface area contributed by atoms with Gasteiger partial charge in [0, 0.05) is 17.8 Å². The van der Waals surface area contributed by atoms with E-state index in [-0.39, 0.29) is 0 Å². The molecule has 0 radical (unpaired) electrons. The Kier molecular flexibility index (Phi) is 6.03. The van der Waals surface area contributed by atoms with Crippen molar-refractivity contribution in [3.63, 3.8) is 0 Å². The fraction of sp³-hybridized carbons (Fsp3) is 0.273. The van der Waals surface area contributed by atoms with Gasteiger partial charge in [-0.05, 0) is 13.8 Å². The smallest absolute Gasteiger partial charge is 0.115 e. The zero-order valence-electron chi connectivity index (χ0n) is 8.83. The van der Waals surface area contributed by atoms with Crippen LogP contribution >= 0.6 is 0 Å². The minimum absolute atomic E-state index is 0.409. The normalized spacial score (nSPS) is 10.7. The van der Waals surface area contributed by atoms with Crippen LogP contribution in [-0.2, 0) is 0 Å². The van der Waals surface area contributed by atoms with Crippen molar-refractivity contribution in [2.75, 3.05) is 0 Å². The predicted octanol–water partition coefficient (Wildman–Crippen LogP) is 2.43. The van der Waals surface area contributed by atoms with Crippen LogP contribution in [0.4, 0.5) is 0 Å². The summed E-state index contributed by atoms with van der Waals surface area (Å²) in [4.78, 5) is 7.82. The molecule has 0 aliphatic rings. The van der Waals surface area contributed by atoms with E-state index in [0.29, 0.717) is 5.70 Å². The van der Waals surface area contributed by atoms with Crippen LogP contribution in [0, 0.1) is 0 Å². The van der Waals surface area contributed by atoms with Gasteiger partial charge in [0.05, 0.1) is 6.21 Å². The third kappa shape index (κ3) is 8.46. The van der Waals surface area contributed by atoms with Crippen molar-refractivity contribution >= 4 is 12.6 Å². The van der Waals surface area contributed by atoms with Gasteiger partial charge in [0.15, 0.2) is 0 Å². The highest BCUT2D eigenvalue weighted by atomic mass is 14.9. The molecular formula is C11H17N3. The second kappa shape index (κ2) is 6.83. The molecule has 2 N–H and O–H groups in total. The Morgan fingerprint density at radius 1 is 1.36 bits per heavy atom. The third-order valence-electron chi connectivity index (χ3n) is 1.29. The largest absolute Gasteiger partial charge is 0.398 e. The number of nitrogens with zero attached hydrogens (tertiary/aromatic N) is 2. The quantitative estimate of drug-likeness (QED) is 0.405. The van der Waals surface area contributed by atoms with E-state index in [1.54, 1.807) is 0 Å². The minimum atomic E-state index is 0.409. The second-order valence-electron chi connectivity index (χ2n) is 3.15. The van der Waals surface area contributed by atoms with Gasteiger partial charge in [-0.1, -0.05) is 24.8 Å². The molecule has 0 rings (SSSR count). The molecule has 0 spiro atoms. The van der Waals surface area contributed by atoms with Crippen molar-refractivity contribution in [3.05, 3.63) is 36.2 Å². The molecule has 76 valence electrons. The molecule has 0 aromatic heterocycles. The van der Waals surface area contributed by atoms with Crippen LogP contribution in [0.5, 0.6) is 0 Å². The average molecular weight is 191 g/mol. The zero-order chi connectivity index (χ0) is 11.0. The van der Waals surface area contributed by atoms with Gasteiger partial charge in [0.2, 0.25) is 0 Å². The summed E-state index contributed by atoms with van der Waals surface area (Å²) in [5, 5.41) is 0. The van der Waals surface area contributed by atoms with E-state index in [0.717, 1.165) is 12.1 Å². The molecule has 0 amide bonds. The van der Waals surface area contributed by atoms with Gasteiger partial charge in [-0.15, -0.1) is 0 Å². The SMILES string of the molecule is C=C(N)/C=N\C=N/C(=C)CC=C(C)C. The topological polar surface area (TPSA) is 50.7 Å². The summed E-state index contributed by atoms with van der Waals surface area (Å²) in [7, 11) is 0. The summed E-state index contributed by atoms with van der Waals surface area (Å²) in [6.45, 7) is 11.3. The molecule has 0 saturated carbocycles. The van der Waals surface area contributed by atoms with E-state index < -0.39 is 0 Å². The first-order valence-corrected chi connectivity index (χ1v) is 4.33. The van der Waals surface area contributed by atoms with E-state index in [1.807, 2.05) is 13.8 Å². The van der Waals surface area contributed by atoms with Crippen LogP contribution in [0.25, 0.3) is 0 Å². The van der Waals surface area contributed by atoms with Gasteiger partial charge in [-0.25, -0.2) is 9.98 Å². The predicted molar refractivity (Wildman–Crippen MR) is 63.5 cm³/mol. The molecule has 0 saturated heterocycles. The lowest BCUT2D eigenvalue weighted by Gasteiger charge is -1.92. The number of hydrogen-bond donors (Lipinski definition) is 1. The van der Waals surface area contributed by atoms with Crippen molar-refractivity contribution in [2.24, 2.45) is 15.7 Å². The Balaban J connectivity index is 3.95. The molecule has 0 bridgehead atoms. The number of allylic oxidation sites excluding steroid dienone is 3. The van der Waals surface area contributed by atoms with Crippen molar-refractivity contribution in [2.45, 2.75) is 20.3 Å². The van der Waals surface area contributed by atoms with Crippen molar-refractivity contribution in [1.82, 2.24) is 0 Å². The second-order valence-corrected chi connectivity index (χ2v) is 3.15. The van der Waals surface area contributed by atoms with Crippen molar-refractivity contribution < 1.29 is 0 Å². The standard InChI is InChI=1S/C11H17N3/c1-9(2)5-6-11(4)14-8-13-7-10(3)12/h5,7-8H,3-4,6,12H2,1-2H3/b13-7-,14-8-. The molecule has 0 heterocycles. The van der Waals surface area contributed by atoms with E-state index in [2.05, 4.69) is 29.2 Å². The molecule has 0 fully saturated rings. The third-order valence-corrected chi connectivity index (χ3v) is 1.29. The fourth-order valence-corrected chi connectivity index (χ4v) is 0.619. The molecular weight excluding hydrogens is 174 g/mol. The van der Waals surface area contributed by atoms with E-state index >= 15 is 0 Å². The Morgan fingerprint density at radius 3 is 2.50 bits per heavy atom. The van der Waals surface area contributed by atoms with Crippen LogP contribution in [0.3, 0.4) is 0 Å². The number of aliphatic imine (C=N–C) groups is 2. The minimum Gasteiger partial charge on any atom is -0.398 e. The first kappa shape index (κ1) is 12.4. The maximum atomic E-state index is 5.27. The highest BCUT2D eigenvalue weighted by molar-refractivity contribution is 5.83. The van der Waals surface area contributed by atoms with E-state index in [4.69, 9.17) is 5.73 Å². The van der Waals surface area contributed by atoms with Crippen LogP contribution in [0.1, 0.15) is 20.3 Å². The molecule has 0 aromatic rings. The van der Waals surface area contributed by atoms with E-state index in [1.165, 1.54) is 18.1 Å². The van der Waals surface area contributed by atoms with Gasteiger partial charge in [0.25, 0.3) is 0 Å². The molecule has 0 aliphatic heterocycles. The van der Waals surface area contributed by atoms with Gasteiger partial charge in [-0.3, -0.25) is 0 Å². The Hall–Kier alpha value is -1.64.